The highest BCUT2D eigenvalue weighted by Gasteiger charge is 2.60. The minimum absolute atomic E-state index is 0.0257. The molecule has 0 saturated heterocycles. The second-order valence-corrected chi connectivity index (χ2v) is 8.43. The quantitative estimate of drug-likeness (QED) is 0.634. The summed E-state index contributed by atoms with van der Waals surface area (Å²) in [5.74, 6) is 0.101. The lowest BCUT2D eigenvalue weighted by atomic mass is 9.70. The molecule has 1 aromatic rings. The fourth-order valence-electron chi connectivity index (χ4n) is 4.38. The zero-order chi connectivity index (χ0) is 19.8. The maximum absolute atomic E-state index is 12.3. The van der Waals surface area contributed by atoms with Crippen molar-refractivity contribution < 1.29 is 14.3 Å². The third-order valence-electron chi connectivity index (χ3n) is 6.59. The first-order valence-electron chi connectivity index (χ1n) is 9.32. The Kier molecular flexibility index (Phi) is 4.97. The van der Waals surface area contributed by atoms with Crippen LogP contribution < -0.4 is 10.3 Å². The largest absolute Gasteiger partial charge is 0.452 e. The van der Waals surface area contributed by atoms with Crippen molar-refractivity contribution in [3.05, 3.63) is 23.9 Å². The van der Waals surface area contributed by atoms with Gasteiger partial charge in [0.1, 0.15) is 11.4 Å². The van der Waals surface area contributed by atoms with Gasteiger partial charge in [-0.1, -0.05) is 20.8 Å². The number of rotatable bonds is 5. The summed E-state index contributed by atoms with van der Waals surface area (Å²) in [6, 6.07) is 3.29. The van der Waals surface area contributed by atoms with E-state index in [1.54, 1.807) is 37.3 Å². The van der Waals surface area contributed by atoms with Gasteiger partial charge >= 0.3 is 5.97 Å². The highest BCUT2D eigenvalue weighted by molar-refractivity contribution is 5.97. The van der Waals surface area contributed by atoms with Crippen LogP contribution in [0.2, 0.25) is 0 Å². The maximum atomic E-state index is 12.3. The number of ether oxygens (including phenoxy) is 1. The summed E-state index contributed by atoms with van der Waals surface area (Å²) < 4.78 is 5.14. The Morgan fingerprint density at radius 3 is 2.70 bits per heavy atom. The fourth-order valence-corrected chi connectivity index (χ4v) is 4.38. The minimum atomic E-state index is -0.581. The van der Waals surface area contributed by atoms with Gasteiger partial charge in [0.25, 0.3) is 5.91 Å². The van der Waals surface area contributed by atoms with E-state index in [1.807, 2.05) is 0 Å². The SMILES string of the molecule is CN(C)c1ncccc1C(=O)OCC(=O)N/N=C1/CC2CCC1(C)C2(C)C. The molecule has 2 aliphatic rings. The van der Waals surface area contributed by atoms with Gasteiger partial charge in [-0.3, -0.25) is 4.79 Å². The van der Waals surface area contributed by atoms with Gasteiger partial charge in [-0.15, -0.1) is 0 Å². The van der Waals surface area contributed by atoms with Crippen molar-refractivity contribution in [2.75, 3.05) is 25.6 Å². The van der Waals surface area contributed by atoms with E-state index in [1.165, 1.54) is 6.42 Å². The Morgan fingerprint density at radius 1 is 1.37 bits per heavy atom. The molecule has 0 aromatic carbocycles. The Morgan fingerprint density at radius 2 is 2.11 bits per heavy atom. The van der Waals surface area contributed by atoms with E-state index in [9.17, 15) is 9.59 Å². The van der Waals surface area contributed by atoms with Gasteiger partial charge in [0, 0.05) is 31.4 Å². The number of nitrogens with one attached hydrogen (secondary N) is 1. The van der Waals surface area contributed by atoms with Gasteiger partial charge in [0.05, 0.1) is 0 Å². The third kappa shape index (κ3) is 3.31. The molecule has 27 heavy (non-hydrogen) atoms. The van der Waals surface area contributed by atoms with Crippen molar-refractivity contribution in [3.8, 4) is 0 Å². The highest BCUT2D eigenvalue weighted by Crippen LogP contribution is 2.63. The molecule has 2 fully saturated rings. The van der Waals surface area contributed by atoms with Gasteiger partial charge < -0.3 is 9.64 Å². The van der Waals surface area contributed by atoms with Gasteiger partial charge in [-0.2, -0.15) is 5.10 Å². The maximum Gasteiger partial charge on any atom is 0.342 e. The molecule has 1 N–H and O–H groups in total. The van der Waals surface area contributed by atoms with Crippen molar-refractivity contribution in [1.29, 1.82) is 0 Å². The van der Waals surface area contributed by atoms with Crippen molar-refractivity contribution in [3.63, 3.8) is 0 Å². The summed E-state index contributed by atoms with van der Waals surface area (Å²) in [4.78, 5) is 30.3. The van der Waals surface area contributed by atoms with Crippen LogP contribution in [-0.4, -0.2) is 43.3 Å². The molecule has 0 aliphatic heterocycles. The van der Waals surface area contributed by atoms with Gasteiger partial charge in [0.15, 0.2) is 6.61 Å². The molecule has 0 spiro atoms. The molecule has 2 unspecified atom stereocenters. The second kappa shape index (κ2) is 6.94. The molecule has 2 atom stereocenters. The fraction of sp³-hybridized carbons (Fsp3) is 0.600. The average Bonchev–Trinajstić information content (AvgIpc) is 2.97. The number of carbonyl (C=O) groups is 2. The van der Waals surface area contributed by atoms with Gasteiger partial charge in [-0.25, -0.2) is 15.2 Å². The number of hydrogen-bond donors (Lipinski definition) is 1. The summed E-state index contributed by atoms with van der Waals surface area (Å²) in [5, 5.41) is 4.37. The molecule has 7 nitrogen and oxygen atoms in total. The molecule has 0 radical (unpaired) electrons. The summed E-state index contributed by atoms with van der Waals surface area (Å²) in [6.07, 6.45) is 4.84. The van der Waals surface area contributed by atoms with E-state index in [-0.39, 0.29) is 17.4 Å². The summed E-state index contributed by atoms with van der Waals surface area (Å²) >= 11 is 0. The average molecular weight is 372 g/mol. The second-order valence-electron chi connectivity index (χ2n) is 8.43. The Bertz CT molecular complexity index is 787. The van der Waals surface area contributed by atoms with E-state index in [0.29, 0.717) is 17.3 Å². The van der Waals surface area contributed by atoms with Crippen LogP contribution in [0, 0.1) is 16.7 Å². The molecule has 3 rings (SSSR count). The summed E-state index contributed by atoms with van der Waals surface area (Å²) in [6.45, 7) is 6.43. The normalized spacial score (nSPS) is 26.9. The number of hydrogen-bond acceptors (Lipinski definition) is 6. The number of nitrogens with zero attached hydrogens (tertiary/aromatic N) is 3. The number of hydrazone groups is 1. The van der Waals surface area contributed by atoms with Crippen LogP contribution in [0.15, 0.2) is 23.4 Å². The molecule has 146 valence electrons. The Balaban J connectivity index is 1.58. The van der Waals surface area contributed by atoms with Crippen LogP contribution in [0.4, 0.5) is 5.82 Å². The number of fused-ring (bicyclic) bond motifs is 2. The van der Waals surface area contributed by atoms with Crippen LogP contribution in [-0.2, 0) is 9.53 Å². The van der Waals surface area contributed by atoms with Crippen LogP contribution in [0.1, 0.15) is 50.4 Å². The van der Waals surface area contributed by atoms with Crippen molar-refractivity contribution in [2.45, 2.75) is 40.0 Å². The number of aromatic nitrogens is 1. The predicted octanol–water partition coefficient (Wildman–Crippen LogP) is 2.62. The molecule has 2 bridgehead atoms. The first-order chi connectivity index (χ1) is 12.7. The molecule has 2 saturated carbocycles. The van der Waals surface area contributed by atoms with Crippen molar-refractivity contribution in [2.24, 2.45) is 21.8 Å². The molecular formula is C20H28N4O3. The number of carbonyl (C=O) groups excluding carboxylic acids is 2. The lowest BCUT2D eigenvalue weighted by molar-refractivity contribution is -0.124. The van der Waals surface area contributed by atoms with E-state index in [0.717, 1.165) is 18.6 Å². The summed E-state index contributed by atoms with van der Waals surface area (Å²) in [5.41, 5.74) is 4.16. The predicted molar refractivity (Wildman–Crippen MR) is 104 cm³/mol. The van der Waals surface area contributed by atoms with E-state index in [2.05, 4.69) is 36.3 Å². The first-order valence-corrected chi connectivity index (χ1v) is 9.32. The minimum Gasteiger partial charge on any atom is -0.452 e. The van der Waals surface area contributed by atoms with Crippen LogP contribution in [0.3, 0.4) is 0 Å². The third-order valence-corrected chi connectivity index (χ3v) is 6.59. The van der Waals surface area contributed by atoms with Gasteiger partial charge in [0.2, 0.25) is 0 Å². The molecule has 1 amide bonds. The van der Waals surface area contributed by atoms with Crippen molar-refractivity contribution in [1.82, 2.24) is 10.4 Å². The van der Waals surface area contributed by atoms with Crippen LogP contribution in [0.5, 0.6) is 0 Å². The smallest absolute Gasteiger partial charge is 0.342 e. The number of amides is 1. The van der Waals surface area contributed by atoms with Gasteiger partial charge in [-0.05, 0) is 42.7 Å². The molecule has 1 heterocycles. The Hall–Kier alpha value is -2.44. The topological polar surface area (TPSA) is 83.9 Å². The molecule has 7 heteroatoms. The zero-order valence-corrected chi connectivity index (χ0v) is 16.7. The lowest BCUT2D eigenvalue weighted by Gasteiger charge is -2.34. The van der Waals surface area contributed by atoms with Crippen LogP contribution in [0.25, 0.3) is 0 Å². The van der Waals surface area contributed by atoms with Crippen molar-refractivity contribution >= 4 is 23.4 Å². The monoisotopic (exact) mass is 372 g/mol. The molecular weight excluding hydrogens is 344 g/mol. The standard InChI is InChI=1S/C20H28N4O3/c1-19(2)13-8-9-20(19,3)15(11-13)22-23-16(25)12-27-18(26)14-7-6-10-21-17(14)24(4)5/h6-7,10,13H,8-9,11-12H2,1-5H3,(H,23,25)/b22-15-. The molecule has 1 aromatic heterocycles. The molecule has 2 aliphatic carbocycles. The highest BCUT2D eigenvalue weighted by atomic mass is 16.5. The number of anilines is 1. The van der Waals surface area contributed by atoms with E-state index < -0.39 is 11.9 Å². The zero-order valence-electron chi connectivity index (χ0n) is 16.7. The number of pyridine rings is 1. The van der Waals surface area contributed by atoms with E-state index >= 15 is 0 Å². The van der Waals surface area contributed by atoms with E-state index in [4.69, 9.17) is 4.74 Å². The lowest BCUT2D eigenvalue weighted by Crippen LogP contribution is -2.35. The Labute approximate surface area is 160 Å². The summed E-state index contributed by atoms with van der Waals surface area (Å²) in [7, 11) is 3.58. The first kappa shape index (κ1) is 19.3. The van der Waals surface area contributed by atoms with Crippen LogP contribution >= 0.6 is 0 Å². The number of esters is 1.